The van der Waals surface area contributed by atoms with Gasteiger partial charge in [-0.3, -0.25) is 0 Å². The number of benzene rings is 1. The van der Waals surface area contributed by atoms with E-state index in [1.807, 2.05) is 12.1 Å². The molecular weight excluding hydrogens is 232 g/mol. The molecule has 0 saturated heterocycles. The number of nitrogens with zero attached hydrogens (tertiary/aromatic N) is 1. The Hall–Kier alpha value is -0.990. The smallest absolute Gasteiger partial charge is 0.0495 e. The predicted octanol–water partition coefficient (Wildman–Crippen LogP) is 3.68. The number of aromatic nitrogens is 1. The highest BCUT2D eigenvalue weighted by Gasteiger charge is 2.01. The Labute approximate surface area is 108 Å². The fraction of sp³-hybridized carbons (Fsp3) is 0.429. The molecule has 0 spiro atoms. The molecule has 0 saturated carbocycles. The summed E-state index contributed by atoms with van der Waals surface area (Å²) in [6.45, 7) is 6.43. The zero-order valence-electron chi connectivity index (χ0n) is 10.4. The molecule has 0 atom stereocenters. The monoisotopic (exact) mass is 250 g/mol. The van der Waals surface area contributed by atoms with Crippen molar-refractivity contribution < 1.29 is 0 Å². The molecular formula is C14H19ClN2. The minimum Gasteiger partial charge on any atom is -0.347 e. The maximum Gasteiger partial charge on any atom is 0.0495 e. The number of halogens is 1. The second kappa shape index (κ2) is 5.56. The topological polar surface area (TPSA) is 17.0 Å². The Morgan fingerprint density at radius 2 is 2.12 bits per heavy atom. The molecule has 0 amide bonds. The lowest BCUT2D eigenvalue weighted by atomic mass is 10.2. The van der Waals surface area contributed by atoms with Gasteiger partial charge in [-0.25, -0.2) is 0 Å². The van der Waals surface area contributed by atoms with E-state index in [0.717, 1.165) is 24.5 Å². The molecule has 0 aliphatic rings. The number of nitrogens with one attached hydrogen (secondary N) is 1. The summed E-state index contributed by atoms with van der Waals surface area (Å²) in [5, 5.41) is 5.49. The summed E-state index contributed by atoms with van der Waals surface area (Å²) in [5.41, 5.74) is 1.22. The average molecular weight is 251 g/mol. The summed E-state index contributed by atoms with van der Waals surface area (Å²) in [7, 11) is 0. The Bertz CT molecular complexity index is 488. The number of rotatable bonds is 5. The second-order valence-electron chi connectivity index (χ2n) is 4.67. The maximum absolute atomic E-state index is 6.02. The Balaban J connectivity index is 2.01. The number of hydrogen-bond donors (Lipinski definition) is 1. The highest BCUT2D eigenvalue weighted by Crippen LogP contribution is 2.20. The van der Waals surface area contributed by atoms with Gasteiger partial charge in [0.1, 0.15) is 0 Å². The molecule has 17 heavy (non-hydrogen) atoms. The van der Waals surface area contributed by atoms with E-state index in [2.05, 4.69) is 42.1 Å². The molecule has 2 rings (SSSR count). The summed E-state index contributed by atoms with van der Waals surface area (Å²) >= 11 is 6.02. The quantitative estimate of drug-likeness (QED) is 0.801. The minimum atomic E-state index is 0.561. The van der Waals surface area contributed by atoms with Gasteiger partial charge in [-0.05, 0) is 36.6 Å². The van der Waals surface area contributed by atoms with Gasteiger partial charge in [0.15, 0.2) is 0 Å². The molecule has 0 radical (unpaired) electrons. The van der Waals surface area contributed by atoms with Crippen LogP contribution in [0.3, 0.4) is 0 Å². The van der Waals surface area contributed by atoms with Crippen molar-refractivity contribution in [1.82, 2.24) is 9.88 Å². The van der Waals surface area contributed by atoms with Crippen LogP contribution >= 0.6 is 11.6 Å². The van der Waals surface area contributed by atoms with Crippen LogP contribution in [0.25, 0.3) is 10.9 Å². The van der Waals surface area contributed by atoms with Crippen molar-refractivity contribution in [3.63, 3.8) is 0 Å². The molecule has 2 aromatic rings. The zero-order valence-corrected chi connectivity index (χ0v) is 11.2. The van der Waals surface area contributed by atoms with E-state index in [9.17, 15) is 0 Å². The van der Waals surface area contributed by atoms with E-state index in [0.29, 0.717) is 6.04 Å². The molecule has 0 bridgehead atoms. The van der Waals surface area contributed by atoms with Crippen LogP contribution in [0.1, 0.15) is 20.3 Å². The molecule has 0 aliphatic carbocycles. The van der Waals surface area contributed by atoms with E-state index in [1.165, 1.54) is 10.9 Å². The molecule has 1 N–H and O–H groups in total. The van der Waals surface area contributed by atoms with E-state index >= 15 is 0 Å². The average Bonchev–Trinajstić information content (AvgIpc) is 2.67. The highest BCUT2D eigenvalue weighted by atomic mass is 35.5. The third-order valence-electron chi connectivity index (χ3n) is 2.86. The van der Waals surface area contributed by atoms with E-state index in [-0.39, 0.29) is 0 Å². The predicted molar refractivity (Wildman–Crippen MR) is 74.7 cm³/mol. The highest BCUT2D eigenvalue weighted by molar-refractivity contribution is 6.31. The SMILES string of the molecule is CC(C)NCCCn1ccc2ccc(Cl)cc21. The van der Waals surface area contributed by atoms with Gasteiger partial charge in [0.05, 0.1) is 0 Å². The lowest BCUT2D eigenvalue weighted by Crippen LogP contribution is -2.24. The maximum atomic E-state index is 6.02. The van der Waals surface area contributed by atoms with Crippen LogP contribution in [-0.4, -0.2) is 17.2 Å². The van der Waals surface area contributed by atoms with Crippen molar-refractivity contribution in [2.24, 2.45) is 0 Å². The molecule has 2 nitrogen and oxygen atoms in total. The van der Waals surface area contributed by atoms with Gasteiger partial charge in [0.25, 0.3) is 0 Å². The molecule has 0 aliphatic heterocycles. The summed E-state index contributed by atoms with van der Waals surface area (Å²) in [4.78, 5) is 0. The first-order chi connectivity index (χ1) is 8.16. The third-order valence-corrected chi connectivity index (χ3v) is 3.10. The van der Waals surface area contributed by atoms with E-state index in [1.54, 1.807) is 0 Å². The van der Waals surface area contributed by atoms with Crippen molar-refractivity contribution in [2.45, 2.75) is 32.9 Å². The third kappa shape index (κ3) is 3.24. The summed E-state index contributed by atoms with van der Waals surface area (Å²) < 4.78 is 2.27. The summed E-state index contributed by atoms with van der Waals surface area (Å²) in [6, 6.07) is 8.74. The number of fused-ring (bicyclic) bond motifs is 1. The lowest BCUT2D eigenvalue weighted by Gasteiger charge is -2.09. The Kier molecular flexibility index (Phi) is 4.08. The molecule has 92 valence electrons. The Morgan fingerprint density at radius 1 is 1.29 bits per heavy atom. The van der Waals surface area contributed by atoms with Gasteiger partial charge >= 0.3 is 0 Å². The fourth-order valence-corrected chi connectivity index (χ4v) is 2.16. The molecule has 0 unspecified atom stereocenters. The first-order valence-corrected chi connectivity index (χ1v) is 6.52. The van der Waals surface area contributed by atoms with Crippen molar-refractivity contribution in [2.75, 3.05) is 6.54 Å². The van der Waals surface area contributed by atoms with Crippen molar-refractivity contribution in [1.29, 1.82) is 0 Å². The van der Waals surface area contributed by atoms with Crippen LogP contribution < -0.4 is 5.32 Å². The van der Waals surface area contributed by atoms with Gasteiger partial charge in [-0.15, -0.1) is 0 Å². The summed E-state index contributed by atoms with van der Waals surface area (Å²) in [6.07, 6.45) is 3.27. The second-order valence-corrected chi connectivity index (χ2v) is 5.11. The first kappa shape index (κ1) is 12.5. The van der Waals surface area contributed by atoms with E-state index < -0.39 is 0 Å². The number of aryl methyl sites for hydroxylation is 1. The molecule has 1 heterocycles. The molecule has 0 fully saturated rings. The molecule has 3 heteroatoms. The van der Waals surface area contributed by atoms with Gasteiger partial charge in [0, 0.05) is 29.3 Å². The van der Waals surface area contributed by atoms with Crippen LogP contribution in [0.4, 0.5) is 0 Å². The first-order valence-electron chi connectivity index (χ1n) is 6.14. The van der Waals surface area contributed by atoms with Crippen LogP contribution in [0, 0.1) is 0 Å². The van der Waals surface area contributed by atoms with Crippen LogP contribution in [-0.2, 0) is 6.54 Å². The van der Waals surface area contributed by atoms with Crippen molar-refractivity contribution >= 4 is 22.5 Å². The number of hydrogen-bond acceptors (Lipinski definition) is 1. The fourth-order valence-electron chi connectivity index (χ4n) is 1.99. The Morgan fingerprint density at radius 3 is 2.88 bits per heavy atom. The van der Waals surface area contributed by atoms with Gasteiger partial charge in [-0.1, -0.05) is 31.5 Å². The minimum absolute atomic E-state index is 0.561. The molecule has 1 aromatic heterocycles. The van der Waals surface area contributed by atoms with Gasteiger partial charge < -0.3 is 9.88 Å². The van der Waals surface area contributed by atoms with E-state index in [4.69, 9.17) is 11.6 Å². The zero-order chi connectivity index (χ0) is 12.3. The largest absolute Gasteiger partial charge is 0.347 e. The van der Waals surface area contributed by atoms with Crippen molar-refractivity contribution in [3.8, 4) is 0 Å². The van der Waals surface area contributed by atoms with Gasteiger partial charge in [-0.2, -0.15) is 0 Å². The van der Waals surface area contributed by atoms with Crippen LogP contribution in [0.5, 0.6) is 0 Å². The van der Waals surface area contributed by atoms with Gasteiger partial charge in [0.2, 0.25) is 0 Å². The molecule has 1 aromatic carbocycles. The normalized spacial score (nSPS) is 11.5. The van der Waals surface area contributed by atoms with Crippen LogP contribution in [0.2, 0.25) is 5.02 Å². The lowest BCUT2D eigenvalue weighted by molar-refractivity contribution is 0.541. The summed E-state index contributed by atoms with van der Waals surface area (Å²) in [5.74, 6) is 0. The van der Waals surface area contributed by atoms with Crippen LogP contribution in [0.15, 0.2) is 30.5 Å². The van der Waals surface area contributed by atoms with Crippen molar-refractivity contribution in [3.05, 3.63) is 35.5 Å². The standard InChI is InChI=1S/C14H19ClN2/c1-11(2)16-7-3-8-17-9-6-12-4-5-13(15)10-14(12)17/h4-6,9-11,16H,3,7-8H2,1-2H3.